The van der Waals surface area contributed by atoms with Crippen molar-refractivity contribution in [1.29, 1.82) is 0 Å². The number of ether oxygens (including phenoxy) is 1. The monoisotopic (exact) mass is 502 g/mol. The molecule has 0 saturated carbocycles. The maximum atomic E-state index is 8.94. The van der Waals surface area contributed by atoms with Crippen molar-refractivity contribution in [1.82, 2.24) is 0 Å². The van der Waals surface area contributed by atoms with Crippen LogP contribution in [0.4, 0.5) is 0 Å². The summed E-state index contributed by atoms with van der Waals surface area (Å²) in [4.78, 5) is 0. The van der Waals surface area contributed by atoms with E-state index in [1.165, 1.54) is 24.0 Å². The van der Waals surface area contributed by atoms with Crippen LogP contribution in [-0.2, 0) is 4.74 Å². The molecule has 0 radical (unpaired) electrons. The summed E-state index contributed by atoms with van der Waals surface area (Å²) in [5.74, 6) is 0. The lowest BCUT2D eigenvalue weighted by Gasteiger charge is -2.03. The fourth-order valence-corrected chi connectivity index (χ4v) is 3.53. The van der Waals surface area contributed by atoms with E-state index in [1.54, 1.807) is 12.1 Å². The molecule has 0 spiro atoms. The van der Waals surface area contributed by atoms with E-state index in [1.807, 2.05) is 48.5 Å². The second-order valence-electron chi connectivity index (χ2n) is 7.55. The highest BCUT2D eigenvalue weighted by atomic mass is 79.9. The Balaban J connectivity index is 0.000000155. The van der Waals surface area contributed by atoms with E-state index in [-0.39, 0.29) is 0 Å². The molecule has 0 aromatic heterocycles. The molecule has 3 nitrogen and oxygen atoms in total. The van der Waals surface area contributed by atoms with Crippen LogP contribution in [0.3, 0.4) is 0 Å². The number of hydrogen-bond acceptors (Lipinski definition) is 3. The summed E-state index contributed by atoms with van der Waals surface area (Å²) >= 11 is 3.42. The Hall–Kier alpha value is -2.70. The second kappa shape index (κ2) is 13.8. The first-order valence-electron chi connectivity index (χ1n) is 11.0. The molecule has 33 heavy (non-hydrogen) atoms. The number of rotatable bonds is 3. The highest BCUT2D eigenvalue weighted by Crippen LogP contribution is 2.21. The molecule has 1 aliphatic heterocycles. The standard InChI is InChI=1S/C12H11BO2.C12H9Br.C4H8O/c14-13(15)12-8-6-11(7-9-12)10-4-2-1-3-5-10;13-12-8-6-11(7-9-12)10-4-2-1-3-5-10;1-2-4-5-3-1/h1-9,14-15H;1-9H;1-4H2. The van der Waals surface area contributed by atoms with Gasteiger partial charge in [-0.15, -0.1) is 0 Å². The average molecular weight is 503 g/mol. The van der Waals surface area contributed by atoms with E-state index >= 15 is 0 Å². The highest BCUT2D eigenvalue weighted by Gasteiger charge is 2.09. The molecule has 4 aromatic carbocycles. The average Bonchev–Trinajstić information content (AvgIpc) is 3.47. The third kappa shape index (κ3) is 8.63. The Kier molecular flexibility index (Phi) is 10.4. The van der Waals surface area contributed by atoms with Crippen LogP contribution in [0.1, 0.15) is 12.8 Å². The van der Waals surface area contributed by atoms with E-state index in [0.717, 1.165) is 28.8 Å². The lowest BCUT2D eigenvalue weighted by atomic mass is 9.80. The zero-order chi connectivity index (χ0) is 23.3. The van der Waals surface area contributed by atoms with Crippen LogP contribution >= 0.6 is 15.9 Å². The summed E-state index contributed by atoms with van der Waals surface area (Å²) in [6.45, 7) is 2.00. The van der Waals surface area contributed by atoms with E-state index in [2.05, 4.69) is 64.5 Å². The van der Waals surface area contributed by atoms with Crippen molar-refractivity contribution in [2.24, 2.45) is 0 Å². The number of hydrogen-bond donors (Lipinski definition) is 2. The predicted octanol–water partition coefficient (Wildman–Crippen LogP) is 5.95. The molecule has 1 aliphatic rings. The van der Waals surface area contributed by atoms with Gasteiger partial charge in [-0.1, -0.05) is 113 Å². The smallest absolute Gasteiger partial charge is 0.423 e. The number of benzene rings is 4. The summed E-state index contributed by atoms with van der Waals surface area (Å²) in [5, 5.41) is 17.9. The topological polar surface area (TPSA) is 49.7 Å². The maximum Gasteiger partial charge on any atom is 0.488 e. The van der Waals surface area contributed by atoms with E-state index < -0.39 is 7.12 Å². The van der Waals surface area contributed by atoms with Gasteiger partial charge in [0, 0.05) is 17.7 Å². The van der Waals surface area contributed by atoms with Gasteiger partial charge in [0.1, 0.15) is 0 Å². The third-order valence-electron chi connectivity index (χ3n) is 5.09. The minimum Gasteiger partial charge on any atom is -0.423 e. The quantitative estimate of drug-likeness (QED) is 0.340. The third-order valence-corrected chi connectivity index (χ3v) is 5.62. The minimum absolute atomic E-state index is 0.509. The summed E-state index contributed by atoms with van der Waals surface area (Å²) < 4.78 is 6.06. The van der Waals surface area contributed by atoms with Gasteiger partial charge < -0.3 is 14.8 Å². The predicted molar refractivity (Wildman–Crippen MR) is 141 cm³/mol. The van der Waals surface area contributed by atoms with Crippen molar-refractivity contribution in [2.75, 3.05) is 13.2 Å². The zero-order valence-electron chi connectivity index (χ0n) is 18.5. The largest absolute Gasteiger partial charge is 0.488 e. The van der Waals surface area contributed by atoms with Crippen LogP contribution in [0.5, 0.6) is 0 Å². The van der Waals surface area contributed by atoms with Crippen molar-refractivity contribution in [3.63, 3.8) is 0 Å². The van der Waals surface area contributed by atoms with Crippen LogP contribution < -0.4 is 5.46 Å². The Morgan fingerprint density at radius 1 is 0.545 bits per heavy atom. The number of halogens is 1. The fraction of sp³-hybridized carbons (Fsp3) is 0.143. The van der Waals surface area contributed by atoms with Crippen LogP contribution in [-0.4, -0.2) is 30.4 Å². The van der Waals surface area contributed by atoms with Gasteiger partial charge in [0.15, 0.2) is 0 Å². The molecule has 4 aromatic rings. The van der Waals surface area contributed by atoms with Gasteiger partial charge in [0.05, 0.1) is 0 Å². The van der Waals surface area contributed by atoms with Crippen molar-refractivity contribution >= 4 is 28.5 Å². The molecular formula is C28H28BBrO3. The minimum atomic E-state index is -1.39. The van der Waals surface area contributed by atoms with Crippen LogP contribution in [0.25, 0.3) is 22.3 Å². The van der Waals surface area contributed by atoms with Crippen LogP contribution in [0, 0.1) is 0 Å². The second-order valence-corrected chi connectivity index (χ2v) is 8.47. The molecule has 2 N–H and O–H groups in total. The first kappa shape index (κ1) is 24.9. The van der Waals surface area contributed by atoms with Gasteiger partial charge >= 0.3 is 7.12 Å². The van der Waals surface area contributed by atoms with Gasteiger partial charge in [-0.05, 0) is 52.7 Å². The zero-order valence-corrected chi connectivity index (χ0v) is 20.1. The van der Waals surface area contributed by atoms with E-state index in [9.17, 15) is 0 Å². The SMILES string of the molecule is Brc1ccc(-c2ccccc2)cc1.C1CCOC1.OB(O)c1ccc(-c2ccccc2)cc1. The van der Waals surface area contributed by atoms with Crippen molar-refractivity contribution in [3.05, 3.63) is 114 Å². The lowest BCUT2D eigenvalue weighted by Crippen LogP contribution is -2.29. The van der Waals surface area contributed by atoms with Crippen LogP contribution in [0.2, 0.25) is 0 Å². The highest BCUT2D eigenvalue weighted by molar-refractivity contribution is 9.10. The van der Waals surface area contributed by atoms with Gasteiger partial charge in [0.25, 0.3) is 0 Å². The molecule has 0 atom stereocenters. The molecular weight excluding hydrogens is 475 g/mol. The van der Waals surface area contributed by atoms with Gasteiger partial charge in [-0.3, -0.25) is 0 Å². The van der Waals surface area contributed by atoms with E-state index in [4.69, 9.17) is 14.8 Å². The Bertz CT molecular complexity index is 1040. The van der Waals surface area contributed by atoms with E-state index in [0.29, 0.717) is 5.46 Å². The Morgan fingerprint density at radius 2 is 0.939 bits per heavy atom. The van der Waals surface area contributed by atoms with Gasteiger partial charge in [0.2, 0.25) is 0 Å². The Morgan fingerprint density at radius 3 is 1.30 bits per heavy atom. The lowest BCUT2D eigenvalue weighted by molar-refractivity contribution is 0.198. The summed E-state index contributed by atoms with van der Waals surface area (Å²) in [6, 6.07) is 35.8. The molecule has 5 rings (SSSR count). The molecule has 1 heterocycles. The molecule has 0 unspecified atom stereocenters. The maximum absolute atomic E-state index is 8.94. The van der Waals surface area contributed by atoms with Crippen LogP contribution in [0.15, 0.2) is 114 Å². The first-order chi connectivity index (χ1) is 16.1. The van der Waals surface area contributed by atoms with Gasteiger partial charge in [-0.2, -0.15) is 0 Å². The van der Waals surface area contributed by atoms with Crippen molar-refractivity contribution in [3.8, 4) is 22.3 Å². The molecule has 5 heteroatoms. The summed E-state index contributed by atoms with van der Waals surface area (Å²) in [6.07, 6.45) is 2.56. The fourth-order valence-electron chi connectivity index (χ4n) is 3.26. The van der Waals surface area contributed by atoms with Gasteiger partial charge in [-0.25, -0.2) is 0 Å². The molecule has 0 aliphatic carbocycles. The molecule has 0 amide bonds. The molecule has 1 fully saturated rings. The molecule has 168 valence electrons. The van der Waals surface area contributed by atoms with Crippen molar-refractivity contribution < 1.29 is 14.8 Å². The Labute approximate surface area is 205 Å². The molecule has 0 bridgehead atoms. The normalized spacial score (nSPS) is 12.1. The summed E-state index contributed by atoms with van der Waals surface area (Å²) in [5.41, 5.74) is 5.21. The summed E-state index contributed by atoms with van der Waals surface area (Å²) in [7, 11) is -1.39. The van der Waals surface area contributed by atoms with Crippen molar-refractivity contribution in [2.45, 2.75) is 12.8 Å². The molecule has 1 saturated heterocycles. The first-order valence-corrected chi connectivity index (χ1v) is 11.8.